The van der Waals surface area contributed by atoms with Crippen LogP contribution in [0.1, 0.15) is 39.1 Å². The number of carbonyl (C=O) groups excluding carboxylic acids is 3. The van der Waals surface area contributed by atoms with Gasteiger partial charge in [-0.15, -0.1) is 0 Å². The molecule has 0 fully saturated rings. The van der Waals surface area contributed by atoms with Crippen molar-refractivity contribution in [3.63, 3.8) is 0 Å². The third kappa shape index (κ3) is 4.85. The number of halogens is 1. The van der Waals surface area contributed by atoms with Crippen LogP contribution in [0.15, 0.2) is 46.9 Å². The first-order valence-electron chi connectivity index (χ1n) is 9.46. The van der Waals surface area contributed by atoms with E-state index in [0.717, 1.165) is 15.8 Å². The Morgan fingerprint density at radius 2 is 1.83 bits per heavy atom. The highest BCUT2D eigenvalue weighted by Gasteiger charge is 2.35. The van der Waals surface area contributed by atoms with E-state index in [1.807, 2.05) is 31.2 Å². The van der Waals surface area contributed by atoms with E-state index >= 15 is 0 Å². The topological polar surface area (TPSA) is 66.9 Å². The van der Waals surface area contributed by atoms with Crippen molar-refractivity contribution >= 4 is 33.7 Å². The molecule has 0 aliphatic carbocycles. The highest BCUT2D eigenvalue weighted by molar-refractivity contribution is 9.10. The van der Waals surface area contributed by atoms with E-state index in [1.54, 1.807) is 30.1 Å². The van der Waals surface area contributed by atoms with Crippen molar-refractivity contribution in [3.8, 4) is 5.75 Å². The van der Waals surface area contributed by atoms with Crippen LogP contribution in [0.5, 0.6) is 5.75 Å². The number of ether oxygens (including phenoxy) is 1. The second-order valence-corrected chi connectivity index (χ2v) is 7.90. The molecule has 2 aromatic rings. The molecule has 0 spiro atoms. The Bertz CT molecular complexity index is 944. The lowest BCUT2D eigenvalue weighted by Gasteiger charge is -2.19. The number of fused-ring (bicyclic) bond motifs is 1. The zero-order valence-corrected chi connectivity index (χ0v) is 18.1. The maximum absolute atomic E-state index is 12.4. The van der Waals surface area contributed by atoms with Crippen LogP contribution >= 0.6 is 15.9 Å². The number of aryl methyl sites for hydroxylation is 1. The molecule has 1 aliphatic rings. The maximum atomic E-state index is 12.4. The van der Waals surface area contributed by atoms with Crippen molar-refractivity contribution in [1.29, 1.82) is 0 Å². The summed E-state index contributed by atoms with van der Waals surface area (Å²) < 4.78 is 6.48. The summed E-state index contributed by atoms with van der Waals surface area (Å²) in [7, 11) is 1.73. The Morgan fingerprint density at radius 1 is 1.10 bits per heavy atom. The molecular weight excluding hydrogens is 436 g/mol. The first-order valence-corrected chi connectivity index (χ1v) is 10.3. The molecule has 0 bridgehead atoms. The Morgan fingerprint density at radius 3 is 2.59 bits per heavy atom. The molecule has 1 heterocycles. The summed E-state index contributed by atoms with van der Waals surface area (Å²) in [6.45, 7) is 3.07. The monoisotopic (exact) mass is 458 g/mol. The summed E-state index contributed by atoms with van der Waals surface area (Å²) in [6, 6.07) is 12.8. The van der Waals surface area contributed by atoms with Crippen LogP contribution in [0.4, 0.5) is 0 Å². The molecule has 1 aliphatic heterocycles. The second kappa shape index (κ2) is 9.22. The fraction of sp³-hybridized carbons (Fsp3) is 0.318. The molecule has 152 valence electrons. The summed E-state index contributed by atoms with van der Waals surface area (Å²) >= 11 is 3.32. The van der Waals surface area contributed by atoms with Gasteiger partial charge in [-0.1, -0.05) is 34.1 Å². The Balaban J connectivity index is 1.43. The van der Waals surface area contributed by atoms with Gasteiger partial charge in [-0.05, 0) is 43.2 Å². The second-order valence-electron chi connectivity index (χ2n) is 6.98. The molecule has 0 N–H and O–H groups in total. The Kier molecular flexibility index (Phi) is 6.69. The lowest BCUT2D eigenvalue weighted by molar-refractivity contribution is -0.130. The third-order valence-corrected chi connectivity index (χ3v) is 5.40. The van der Waals surface area contributed by atoms with Gasteiger partial charge in [-0.2, -0.15) is 0 Å². The number of hydrogen-bond donors (Lipinski definition) is 0. The van der Waals surface area contributed by atoms with Crippen molar-refractivity contribution in [2.75, 3.05) is 26.7 Å². The van der Waals surface area contributed by atoms with Crippen molar-refractivity contribution in [1.82, 2.24) is 9.80 Å². The molecule has 0 saturated heterocycles. The highest BCUT2D eigenvalue weighted by Crippen LogP contribution is 2.26. The first-order chi connectivity index (χ1) is 13.9. The summed E-state index contributed by atoms with van der Waals surface area (Å²) in [4.78, 5) is 40.0. The predicted molar refractivity (Wildman–Crippen MR) is 113 cm³/mol. The average Bonchev–Trinajstić information content (AvgIpc) is 2.93. The van der Waals surface area contributed by atoms with Crippen LogP contribution in [-0.4, -0.2) is 54.3 Å². The molecule has 3 amide bonds. The number of likely N-dealkylation sites (N-methyl/N-ethyl adjacent to an activating group) is 1. The lowest BCUT2D eigenvalue weighted by Crippen LogP contribution is -2.33. The van der Waals surface area contributed by atoms with E-state index in [2.05, 4.69) is 15.9 Å². The van der Waals surface area contributed by atoms with E-state index < -0.39 is 0 Å². The minimum Gasteiger partial charge on any atom is -0.491 e. The number of para-hydroxylation sites is 1. The number of amides is 3. The van der Waals surface area contributed by atoms with Gasteiger partial charge in [0.15, 0.2) is 0 Å². The third-order valence-electron chi connectivity index (χ3n) is 4.91. The van der Waals surface area contributed by atoms with Crippen molar-refractivity contribution in [2.45, 2.75) is 19.8 Å². The Hall–Kier alpha value is -2.67. The molecule has 0 unspecified atom stereocenters. The van der Waals surface area contributed by atoms with E-state index in [1.165, 1.54) is 4.90 Å². The number of imide groups is 1. The highest BCUT2D eigenvalue weighted by atomic mass is 79.9. The standard InChI is InChI=1S/C22H23BrN2O4/c1-15-6-3-4-7-19(15)29-13-12-24(2)20(26)8-5-11-25-21(27)17-10-9-16(23)14-18(17)22(25)28/h3-4,6-7,9-10,14H,5,8,11-13H2,1-2H3. The van der Waals surface area contributed by atoms with Crippen LogP contribution in [0.25, 0.3) is 0 Å². The van der Waals surface area contributed by atoms with Crippen molar-refractivity contribution < 1.29 is 19.1 Å². The summed E-state index contributed by atoms with van der Waals surface area (Å²) in [6.07, 6.45) is 0.687. The van der Waals surface area contributed by atoms with Crippen molar-refractivity contribution in [2.24, 2.45) is 0 Å². The molecule has 0 radical (unpaired) electrons. The number of hydrogen-bond acceptors (Lipinski definition) is 4. The molecule has 3 rings (SSSR count). The van der Waals surface area contributed by atoms with Gasteiger partial charge in [0, 0.05) is 24.5 Å². The molecule has 0 saturated carbocycles. The van der Waals surface area contributed by atoms with Gasteiger partial charge in [0.1, 0.15) is 12.4 Å². The van der Waals surface area contributed by atoms with Crippen LogP contribution in [0, 0.1) is 6.92 Å². The number of rotatable bonds is 8. The van der Waals surface area contributed by atoms with E-state index in [4.69, 9.17) is 4.74 Å². The SMILES string of the molecule is Cc1ccccc1OCCN(C)C(=O)CCCN1C(=O)c2ccc(Br)cc2C1=O. The lowest BCUT2D eigenvalue weighted by atomic mass is 10.1. The van der Waals surface area contributed by atoms with Crippen LogP contribution < -0.4 is 4.74 Å². The van der Waals surface area contributed by atoms with Gasteiger partial charge < -0.3 is 9.64 Å². The largest absolute Gasteiger partial charge is 0.491 e. The molecular formula is C22H23BrN2O4. The normalized spacial score (nSPS) is 12.9. The van der Waals surface area contributed by atoms with Gasteiger partial charge >= 0.3 is 0 Å². The quantitative estimate of drug-likeness (QED) is 0.565. The van der Waals surface area contributed by atoms with Gasteiger partial charge in [0.05, 0.1) is 17.7 Å². The van der Waals surface area contributed by atoms with Crippen LogP contribution in [0.2, 0.25) is 0 Å². The van der Waals surface area contributed by atoms with E-state index in [9.17, 15) is 14.4 Å². The summed E-state index contributed by atoms with van der Waals surface area (Å²) in [5.74, 6) is 0.159. The van der Waals surface area contributed by atoms with E-state index in [-0.39, 0.29) is 30.7 Å². The minimum absolute atomic E-state index is 0.0438. The predicted octanol–water partition coefficient (Wildman–Crippen LogP) is 3.67. The van der Waals surface area contributed by atoms with Gasteiger partial charge in [-0.25, -0.2) is 0 Å². The minimum atomic E-state index is -0.307. The number of nitrogens with zero attached hydrogens (tertiary/aromatic N) is 2. The molecule has 6 nitrogen and oxygen atoms in total. The summed E-state index contributed by atoms with van der Waals surface area (Å²) in [5.41, 5.74) is 1.87. The van der Waals surface area contributed by atoms with Gasteiger partial charge in [0.25, 0.3) is 11.8 Å². The Labute approximate surface area is 178 Å². The van der Waals surface area contributed by atoms with Gasteiger partial charge in [-0.3, -0.25) is 19.3 Å². The fourth-order valence-corrected chi connectivity index (χ4v) is 3.54. The molecule has 0 aromatic heterocycles. The van der Waals surface area contributed by atoms with Gasteiger partial charge in [0.2, 0.25) is 5.91 Å². The molecule has 29 heavy (non-hydrogen) atoms. The van der Waals surface area contributed by atoms with Crippen LogP contribution in [-0.2, 0) is 4.79 Å². The zero-order chi connectivity index (χ0) is 21.0. The number of carbonyl (C=O) groups is 3. The number of benzene rings is 2. The molecule has 0 atom stereocenters. The van der Waals surface area contributed by atoms with E-state index in [0.29, 0.717) is 30.7 Å². The maximum Gasteiger partial charge on any atom is 0.261 e. The zero-order valence-electron chi connectivity index (χ0n) is 16.5. The molecule has 2 aromatic carbocycles. The van der Waals surface area contributed by atoms with Crippen molar-refractivity contribution in [3.05, 3.63) is 63.6 Å². The summed E-state index contributed by atoms with van der Waals surface area (Å²) in [5, 5.41) is 0. The van der Waals surface area contributed by atoms with Crippen LogP contribution in [0.3, 0.4) is 0 Å². The fourth-order valence-electron chi connectivity index (χ4n) is 3.18. The molecule has 7 heteroatoms. The first kappa shape index (κ1) is 21.0. The smallest absolute Gasteiger partial charge is 0.261 e. The average molecular weight is 459 g/mol.